The van der Waals surface area contributed by atoms with Crippen molar-refractivity contribution in [2.75, 3.05) is 0 Å². The van der Waals surface area contributed by atoms with E-state index in [1.165, 1.54) is 0 Å². The Morgan fingerprint density at radius 1 is 1.17 bits per heavy atom. The molecule has 12 heavy (non-hydrogen) atoms. The molecule has 0 aromatic rings. The van der Waals surface area contributed by atoms with E-state index in [1.807, 2.05) is 27.7 Å². The summed E-state index contributed by atoms with van der Waals surface area (Å²) in [4.78, 5) is 0. The van der Waals surface area contributed by atoms with Crippen LogP contribution in [0.15, 0.2) is 0 Å². The second-order valence-electron chi connectivity index (χ2n) is 5.38. The molecule has 0 bridgehead atoms. The van der Waals surface area contributed by atoms with Crippen molar-refractivity contribution in [3.8, 4) is 0 Å². The zero-order valence-electron chi connectivity index (χ0n) is 8.93. The van der Waals surface area contributed by atoms with Crippen LogP contribution in [0.25, 0.3) is 0 Å². The van der Waals surface area contributed by atoms with Crippen molar-refractivity contribution in [3.05, 3.63) is 0 Å². The van der Waals surface area contributed by atoms with E-state index in [-0.39, 0.29) is 17.1 Å². The predicted molar refractivity (Wildman–Crippen MR) is 49.0 cm³/mol. The highest BCUT2D eigenvalue weighted by molar-refractivity contribution is 5.08. The van der Waals surface area contributed by atoms with Crippen LogP contribution < -0.4 is 0 Å². The number of hydrogen-bond donors (Lipinski definition) is 1. The van der Waals surface area contributed by atoms with Gasteiger partial charge in [0, 0.05) is 5.41 Å². The van der Waals surface area contributed by atoms with Crippen molar-refractivity contribution < 1.29 is 9.84 Å². The van der Waals surface area contributed by atoms with Gasteiger partial charge in [-0.05, 0) is 27.7 Å². The van der Waals surface area contributed by atoms with Crippen molar-refractivity contribution >= 4 is 0 Å². The van der Waals surface area contributed by atoms with Gasteiger partial charge in [0.1, 0.15) is 0 Å². The molecule has 0 spiro atoms. The van der Waals surface area contributed by atoms with Crippen LogP contribution >= 0.6 is 0 Å². The standard InChI is InChI=1S/C10H20O2/c1-8(2,10(5,6)11)7-9(3,4)12-7/h7,11H,1-6H3. The van der Waals surface area contributed by atoms with Crippen molar-refractivity contribution in [2.24, 2.45) is 5.41 Å². The first kappa shape index (κ1) is 10.0. The third kappa shape index (κ3) is 1.38. The molecular weight excluding hydrogens is 152 g/mol. The molecule has 1 aliphatic rings. The summed E-state index contributed by atoms with van der Waals surface area (Å²) >= 11 is 0. The fourth-order valence-electron chi connectivity index (χ4n) is 1.61. The zero-order chi connectivity index (χ0) is 9.78. The van der Waals surface area contributed by atoms with Gasteiger partial charge in [-0.2, -0.15) is 0 Å². The van der Waals surface area contributed by atoms with Gasteiger partial charge in [-0.3, -0.25) is 0 Å². The first-order chi connectivity index (χ1) is 5.09. The smallest absolute Gasteiger partial charge is 0.0945 e. The van der Waals surface area contributed by atoms with Gasteiger partial charge in [-0.1, -0.05) is 13.8 Å². The molecule has 1 rings (SSSR count). The molecule has 0 radical (unpaired) electrons. The summed E-state index contributed by atoms with van der Waals surface area (Å²) in [5.41, 5.74) is -0.925. The van der Waals surface area contributed by atoms with E-state index < -0.39 is 5.60 Å². The Morgan fingerprint density at radius 3 is 1.58 bits per heavy atom. The molecule has 1 N–H and O–H groups in total. The van der Waals surface area contributed by atoms with Crippen LogP contribution in [0, 0.1) is 5.41 Å². The highest BCUT2D eigenvalue weighted by atomic mass is 16.6. The molecule has 1 aliphatic heterocycles. The van der Waals surface area contributed by atoms with Crippen LogP contribution in [0.4, 0.5) is 0 Å². The molecular formula is C10H20O2. The maximum Gasteiger partial charge on any atom is 0.0945 e. The Bertz CT molecular complexity index is 187. The van der Waals surface area contributed by atoms with E-state index in [1.54, 1.807) is 0 Å². The zero-order valence-corrected chi connectivity index (χ0v) is 8.93. The van der Waals surface area contributed by atoms with Crippen LogP contribution in [0.1, 0.15) is 41.5 Å². The van der Waals surface area contributed by atoms with Crippen LogP contribution in [-0.2, 0) is 4.74 Å². The third-order valence-corrected chi connectivity index (χ3v) is 3.23. The number of ether oxygens (including phenoxy) is 1. The van der Waals surface area contributed by atoms with Gasteiger partial charge < -0.3 is 9.84 Å². The van der Waals surface area contributed by atoms with Gasteiger partial charge >= 0.3 is 0 Å². The van der Waals surface area contributed by atoms with Crippen LogP contribution in [0.2, 0.25) is 0 Å². The molecule has 1 fully saturated rings. The Hall–Kier alpha value is -0.0800. The van der Waals surface area contributed by atoms with Crippen molar-refractivity contribution in [1.82, 2.24) is 0 Å². The second kappa shape index (κ2) is 2.24. The van der Waals surface area contributed by atoms with Gasteiger partial charge in [-0.25, -0.2) is 0 Å². The molecule has 1 heterocycles. The molecule has 1 saturated heterocycles. The first-order valence-electron chi connectivity index (χ1n) is 4.49. The van der Waals surface area contributed by atoms with Crippen molar-refractivity contribution in [3.63, 3.8) is 0 Å². The third-order valence-electron chi connectivity index (χ3n) is 3.23. The van der Waals surface area contributed by atoms with Gasteiger partial charge in [0.05, 0.1) is 17.3 Å². The summed E-state index contributed by atoms with van der Waals surface area (Å²) in [5, 5.41) is 9.91. The Balaban J connectivity index is 2.76. The van der Waals surface area contributed by atoms with E-state index in [0.717, 1.165) is 0 Å². The van der Waals surface area contributed by atoms with Crippen LogP contribution in [0.3, 0.4) is 0 Å². The molecule has 2 nitrogen and oxygen atoms in total. The quantitative estimate of drug-likeness (QED) is 0.646. The van der Waals surface area contributed by atoms with Crippen LogP contribution in [0.5, 0.6) is 0 Å². The molecule has 2 heteroatoms. The number of rotatable bonds is 2. The Labute approximate surface area is 74.9 Å². The van der Waals surface area contributed by atoms with Gasteiger partial charge in [0.2, 0.25) is 0 Å². The maximum atomic E-state index is 9.91. The fourth-order valence-corrected chi connectivity index (χ4v) is 1.61. The molecule has 1 unspecified atom stereocenters. The highest BCUT2D eigenvalue weighted by Crippen LogP contribution is 2.51. The molecule has 0 aromatic heterocycles. The molecule has 1 atom stereocenters. The summed E-state index contributed by atoms with van der Waals surface area (Å²) in [6.45, 7) is 11.9. The van der Waals surface area contributed by atoms with E-state index in [2.05, 4.69) is 13.8 Å². The lowest BCUT2D eigenvalue weighted by Gasteiger charge is -2.36. The Morgan fingerprint density at radius 2 is 1.50 bits per heavy atom. The molecule has 0 aliphatic carbocycles. The normalized spacial score (nSPS) is 28.8. The van der Waals surface area contributed by atoms with Crippen LogP contribution in [-0.4, -0.2) is 22.4 Å². The maximum absolute atomic E-state index is 9.91. The monoisotopic (exact) mass is 172 g/mol. The minimum Gasteiger partial charge on any atom is -0.390 e. The van der Waals surface area contributed by atoms with Crippen molar-refractivity contribution in [1.29, 1.82) is 0 Å². The average molecular weight is 172 g/mol. The van der Waals surface area contributed by atoms with E-state index in [0.29, 0.717) is 0 Å². The largest absolute Gasteiger partial charge is 0.390 e. The minimum atomic E-state index is -0.689. The van der Waals surface area contributed by atoms with Gasteiger partial charge in [0.25, 0.3) is 0 Å². The van der Waals surface area contributed by atoms with E-state index >= 15 is 0 Å². The first-order valence-corrected chi connectivity index (χ1v) is 4.49. The molecule has 0 amide bonds. The number of aliphatic hydroxyl groups is 1. The SMILES string of the molecule is CC1(C)OC1C(C)(C)C(C)(C)O. The van der Waals surface area contributed by atoms with E-state index in [9.17, 15) is 5.11 Å². The minimum absolute atomic E-state index is 0.0521. The van der Waals surface area contributed by atoms with Crippen molar-refractivity contribution in [2.45, 2.75) is 58.8 Å². The molecule has 0 saturated carbocycles. The fraction of sp³-hybridized carbons (Fsp3) is 1.00. The summed E-state index contributed by atoms with van der Waals surface area (Å²) < 4.78 is 5.54. The summed E-state index contributed by atoms with van der Waals surface area (Å²) in [5.74, 6) is 0. The highest BCUT2D eigenvalue weighted by Gasteiger charge is 2.60. The summed E-state index contributed by atoms with van der Waals surface area (Å²) in [6.07, 6.45) is 0.171. The summed E-state index contributed by atoms with van der Waals surface area (Å²) in [7, 11) is 0. The van der Waals surface area contributed by atoms with E-state index in [4.69, 9.17) is 4.74 Å². The predicted octanol–water partition coefficient (Wildman–Crippen LogP) is 1.96. The second-order valence-corrected chi connectivity index (χ2v) is 5.38. The lowest BCUT2D eigenvalue weighted by molar-refractivity contribution is -0.0492. The number of hydrogen-bond acceptors (Lipinski definition) is 2. The van der Waals surface area contributed by atoms with Gasteiger partial charge in [-0.15, -0.1) is 0 Å². The Kier molecular flexibility index (Phi) is 1.86. The lowest BCUT2D eigenvalue weighted by atomic mass is 9.72. The topological polar surface area (TPSA) is 32.8 Å². The molecule has 72 valence electrons. The average Bonchev–Trinajstić information content (AvgIpc) is 2.37. The van der Waals surface area contributed by atoms with Gasteiger partial charge in [0.15, 0.2) is 0 Å². The summed E-state index contributed by atoms with van der Waals surface area (Å²) in [6, 6.07) is 0. The number of epoxide rings is 1. The molecule has 0 aromatic carbocycles. The lowest BCUT2D eigenvalue weighted by Crippen LogP contribution is -2.44.